The average Bonchev–Trinajstić information content (AvgIpc) is 3.03. The number of nitrogens with one attached hydrogen (secondary N) is 2. The van der Waals surface area contributed by atoms with Crippen molar-refractivity contribution in [2.24, 2.45) is 0 Å². The van der Waals surface area contributed by atoms with Gasteiger partial charge in [-0.2, -0.15) is 0 Å². The number of fused-ring (bicyclic) bond motifs is 3. The topological polar surface area (TPSA) is 96.4 Å². The molecule has 120 valence electrons. The molecule has 0 bridgehead atoms. The molecule has 25 heavy (non-hydrogen) atoms. The van der Waals surface area contributed by atoms with E-state index in [1.54, 1.807) is 4.57 Å². The average molecular weight is 329 g/mol. The van der Waals surface area contributed by atoms with Crippen molar-refractivity contribution in [2.75, 3.05) is 0 Å². The van der Waals surface area contributed by atoms with Crippen LogP contribution in [0.15, 0.2) is 64.4 Å². The highest BCUT2D eigenvalue weighted by atomic mass is 16.2. The number of para-hydroxylation sites is 1. The van der Waals surface area contributed by atoms with Crippen LogP contribution >= 0.6 is 0 Å². The highest BCUT2D eigenvalue weighted by molar-refractivity contribution is 5.97. The Morgan fingerprint density at radius 3 is 2.68 bits per heavy atom. The molecule has 0 atom stereocenters. The summed E-state index contributed by atoms with van der Waals surface area (Å²) in [5.41, 5.74) is 1.99. The maximum Gasteiger partial charge on any atom is 0.327 e. The van der Waals surface area contributed by atoms with Crippen LogP contribution < -0.4 is 11.2 Å². The van der Waals surface area contributed by atoms with Crippen LogP contribution in [-0.2, 0) is 0 Å². The summed E-state index contributed by atoms with van der Waals surface area (Å²) in [6, 6.07) is 15.6. The molecule has 0 aliphatic rings. The molecule has 7 nitrogen and oxygen atoms in total. The fourth-order valence-electron chi connectivity index (χ4n) is 3.11. The van der Waals surface area contributed by atoms with Crippen molar-refractivity contribution < 1.29 is 0 Å². The van der Waals surface area contributed by atoms with E-state index < -0.39 is 11.2 Å². The maximum atomic E-state index is 11.9. The molecule has 0 amide bonds. The first-order chi connectivity index (χ1) is 12.2. The van der Waals surface area contributed by atoms with Crippen molar-refractivity contribution in [1.82, 2.24) is 24.5 Å². The minimum atomic E-state index is -0.567. The van der Waals surface area contributed by atoms with Gasteiger partial charge in [-0.25, -0.2) is 14.8 Å². The highest BCUT2D eigenvalue weighted by Gasteiger charge is 2.12. The van der Waals surface area contributed by atoms with Gasteiger partial charge in [0.25, 0.3) is 5.56 Å². The van der Waals surface area contributed by atoms with Crippen molar-refractivity contribution in [3.8, 4) is 5.69 Å². The molecule has 3 aromatic heterocycles. The molecule has 0 saturated carbocycles. The van der Waals surface area contributed by atoms with Gasteiger partial charge in [-0.05, 0) is 24.3 Å². The Morgan fingerprint density at radius 2 is 1.76 bits per heavy atom. The first-order valence-electron chi connectivity index (χ1n) is 7.69. The first kappa shape index (κ1) is 13.7. The summed E-state index contributed by atoms with van der Waals surface area (Å²) >= 11 is 0. The SMILES string of the molecule is O=c1[nH]c(=O)c2ncn(-c3cccc4nc5ccccc5cc34)c2[nH]1. The third-order valence-electron chi connectivity index (χ3n) is 4.24. The first-order valence-corrected chi connectivity index (χ1v) is 7.69. The summed E-state index contributed by atoms with van der Waals surface area (Å²) in [7, 11) is 0. The molecule has 0 aliphatic carbocycles. The van der Waals surface area contributed by atoms with E-state index in [1.165, 1.54) is 6.33 Å². The van der Waals surface area contributed by atoms with Crippen LogP contribution in [0.2, 0.25) is 0 Å². The number of H-pyrrole nitrogens is 2. The molecular weight excluding hydrogens is 318 g/mol. The van der Waals surface area contributed by atoms with Crippen LogP contribution in [0.3, 0.4) is 0 Å². The van der Waals surface area contributed by atoms with Crippen molar-refractivity contribution >= 4 is 33.0 Å². The van der Waals surface area contributed by atoms with Crippen LogP contribution in [0.5, 0.6) is 0 Å². The van der Waals surface area contributed by atoms with Gasteiger partial charge in [-0.3, -0.25) is 19.3 Å². The number of benzene rings is 2. The standard InChI is InChI=1S/C18H11N5O2/c24-17-15-16(21-18(25)22-17)23(9-19-15)14-7-3-6-13-11(14)8-10-4-1-2-5-12(10)20-13/h1-9H,(H2,21,22,24,25). The zero-order chi connectivity index (χ0) is 17.0. The van der Waals surface area contributed by atoms with Gasteiger partial charge in [0, 0.05) is 10.8 Å². The second-order valence-electron chi connectivity index (χ2n) is 5.74. The molecule has 0 aliphatic heterocycles. The Morgan fingerprint density at radius 1 is 0.920 bits per heavy atom. The Kier molecular flexibility index (Phi) is 2.67. The van der Waals surface area contributed by atoms with Gasteiger partial charge in [-0.15, -0.1) is 0 Å². The minimum Gasteiger partial charge on any atom is -0.291 e. The highest BCUT2D eigenvalue weighted by Crippen LogP contribution is 2.26. The monoisotopic (exact) mass is 329 g/mol. The van der Waals surface area contributed by atoms with Crippen molar-refractivity contribution in [3.63, 3.8) is 0 Å². The van der Waals surface area contributed by atoms with E-state index in [1.807, 2.05) is 48.5 Å². The lowest BCUT2D eigenvalue weighted by atomic mass is 10.1. The molecule has 0 fully saturated rings. The molecule has 0 spiro atoms. The number of aromatic nitrogens is 5. The van der Waals surface area contributed by atoms with Crippen LogP contribution in [0.1, 0.15) is 0 Å². The van der Waals surface area contributed by atoms with E-state index >= 15 is 0 Å². The smallest absolute Gasteiger partial charge is 0.291 e. The van der Waals surface area contributed by atoms with Gasteiger partial charge in [0.15, 0.2) is 11.2 Å². The Bertz CT molecular complexity index is 1390. The molecule has 0 radical (unpaired) electrons. The molecule has 0 unspecified atom stereocenters. The second kappa shape index (κ2) is 4.88. The van der Waals surface area contributed by atoms with Crippen molar-refractivity contribution in [2.45, 2.75) is 0 Å². The van der Waals surface area contributed by atoms with Gasteiger partial charge in [0.2, 0.25) is 0 Å². The molecule has 5 rings (SSSR count). The summed E-state index contributed by atoms with van der Waals surface area (Å²) in [6.45, 7) is 0. The molecule has 0 saturated heterocycles. The van der Waals surface area contributed by atoms with Gasteiger partial charge in [0.05, 0.1) is 16.7 Å². The normalized spacial score (nSPS) is 11.5. The van der Waals surface area contributed by atoms with Crippen molar-refractivity contribution in [3.05, 3.63) is 75.7 Å². The Balaban J connectivity index is 1.91. The van der Waals surface area contributed by atoms with E-state index in [2.05, 4.69) is 19.9 Å². The second-order valence-corrected chi connectivity index (χ2v) is 5.74. The Hall–Kier alpha value is -3.74. The van der Waals surface area contributed by atoms with Gasteiger partial charge in [0.1, 0.15) is 6.33 Å². The quantitative estimate of drug-likeness (QED) is 0.460. The van der Waals surface area contributed by atoms with Gasteiger partial charge >= 0.3 is 5.69 Å². The van der Waals surface area contributed by atoms with E-state index in [4.69, 9.17) is 0 Å². The Labute approximate surface area is 139 Å². The molecule has 2 aromatic carbocycles. The van der Waals surface area contributed by atoms with Crippen molar-refractivity contribution in [1.29, 1.82) is 0 Å². The third kappa shape index (κ3) is 1.99. The predicted octanol–water partition coefficient (Wildman–Crippen LogP) is 2.10. The lowest BCUT2D eigenvalue weighted by Gasteiger charge is -2.09. The number of pyridine rings is 1. The zero-order valence-electron chi connectivity index (χ0n) is 12.9. The summed E-state index contributed by atoms with van der Waals surface area (Å²) in [5.74, 6) is 0. The minimum absolute atomic E-state index is 0.186. The van der Waals surface area contributed by atoms with Gasteiger partial charge in [-0.1, -0.05) is 24.3 Å². The fraction of sp³-hybridized carbons (Fsp3) is 0. The maximum absolute atomic E-state index is 11.9. The fourth-order valence-corrected chi connectivity index (χ4v) is 3.11. The number of imidazole rings is 1. The third-order valence-corrected chi connectivity index (χ3v) is 4.24. The number of rotatable bonds is 1. The van der Waals surface area contributed by atoms with Crippen LogP contribution in [0.25, 0.3) is 38.7 Å². The van der Waals surface area contributed by atoms with Crippen LogP contribution in [-0.4, -0.2) is 24.5 Å². The van der Waals surface area contributed by atoms with Gasteiger partial charge < -0.3 is 0 Å². The number of nitrogens with zero attached hydrogens (tertiary/aromatic N) is 3. The lowest BCUT2D eigenvalue weighted by Crippen LogP contribution is -2.22. The molecule has 5 aromatic rings. The van der Waals surface area contributed by atoms with E-state index in [9.17, 15) is 9.59 Å². The number of hydrogen-bond acceptors (Lipinski definition) is 4. The number of hydrogen-bond donors (Lipinski definition) is 2. The summed E-state index contributed by atoms with van der Waals surface area (Å²) in [5, 5.41) is 1.92. The molecular formula is C18H11N5O2. The van der Waals surface area contributed by atoms with E-state index in [-0.39, 0.29) is 5.52 Å². The molecule has 2 N–H and O–H groups in total. The van der Waals surface area contributed by atoms with Crippen LogP contribution in [0.4, 0.5) is 0 Å². The zero-order valence-corrected chi connectivity index (χ0v) is 12.9. The largest absolute Gasteiger partial charge is 0.327 e. The van der Waals surface area contributed by atoms with E-state index in [0.29, 0.717) is 5.65 Å². The summed E-state index contributed by atoms with van der Waals surface area (Å²) in [6.07, 6.45) is 1.53. The number of aromatic amines is 2. The van der Waals surface area contributed by atoms with Crippen LogP contribution in [0, 0.1) is 0 Å². The van der Waals surface area contributed by atoms with E-state index in [0.717, 1.165) is 27.5 Å². The predicted molar refractivity (Wildman–Crippen MR) is 95.1 cm³/mol. The summed E-state index contributed by atoms with van der Waals surface area (Å²) in [4.78, 5) is 37.2. The molecule has 7 heteroatoms. The summed E-state index contributed by atoms with van der Waals surface area (Å²) < 4.78 is 1.70. The lowest BCUT2D eigenvalue weighted by molar-refractivity contribution is 1.03. The molecule has 3 heterocycles.